The van der Waals surface area contributed by atoms with Gasteiger partial charge in [-0.1, -0.05) is 23.7 Å². The van der Waals surface area contributed by atoms with Crippen molar-refractivity contribution in [3.63, 3.8) is 0 Å². The van der Waals surface area contributed by atoms with Gasteiger partial charge in [0.25, 0.3) is 5.69 Å². The number of tetrazole rings is 1. The lowest BCUT2D eigenvalue weighted by atomic mass is 9.94. The molecule has 1 saturated carbocycles. The van der Waals surface area contributed by atoms with Crippen LogP contribution in [0.5, 0.6) is 0 Å². The molecule has 1 atom stereocenters. The fourth-order valence-corrected chi connectivity index (χ4v) is 3.79. The van der Waals surface area contributed by atoms with Crippen LogP contribution in [0.15, 0.2) is 35.5 Å². The first-order valence-electron chi connectivity index (χ1n) is 9.25. The van der Waals surface area contributed by atoms with Crippen molar-refractivity contribution in [3.8, 4) is 0 Å². The molecule has 0 saturated heterocycles. The van der Waals surface area contributed by atoms with Crippen LogP contribution >= 0.6 is 0 Å². The molecule has 1 aromatic heterocycles. The number of anilines is 1. The lowest BCUT2D eigenvalue weighted by molar-refractivity contribution is -0.384. The first-order valence-corrected chi connectivity index (χ1v) is 9.25. The minimum Gasteiger partial charge on any atom is -0.459 e. The summed E-state index contributed by atoms with van der Waals surface area (Å²) >= 11 is 0. The van der Waals surface area contributed by atoms with E-state index in [1.807, 2.05) is 0 Å². The van der Waals surface area contributed by atoms with Crippen LogP contribution in [-0.4, -0.2) is 37.2 Å². The number of rotatable bonds is 4. The Balaban J connectivity index is 1.73. The Kier molecular flexibility index (Phi) is 4.76. The molecule has 28 heavy (non-hydrogen) atoms. The predicted molar refractivity (Wildman–Crippen MR) is 98.3 cm³/mol. The number of nitrogens with zero attached hydrogens (tertiary/aromatic N) is 5. The van der Waals surface area contributed by atoms with E-state index < -0.39 is 16.9 Å². The third kappa shape index (κ3) is 3.32. The predicted octanol–water partition coefficient (Wildman–Crippen LogP) is 2.75. The number of hydrogen-bond acceptors (Lipinski definition) is 8. The van der Waals surface area contributed by atoms with E-state index in [1.165, 1.54) is 16.8 Å². The topological polar surface area (TPSA) is 125 Å². The Morgan fingerprint density at radius 3 is 2.86 bits per heavy atom. The first kappa shape index (κ1) is 18.1. The lowest BCUT2D eigenvalue weighted by Crippen LogP contribution is -2.32. The molecule has 1 aliphatic carbocycles. The van der Waals surface area contributed by atoms with Gasteiger partial charge in [-0.15, -0.1) is 0 Å². The van der Waals surface area contributed by atoms with E-state index in [0.29, 0.717) is 22.8 Å². The van der Waals surface area contributed by atoms with Gasteiger partial charge in [-0.2, -0.15) is 4.68 Å². The smallest absolute Gasteiger partial charge is 0.338 e. The maximum absolute atomic E-state index is 13.1. The van der Waals surface area contributed by atoms with Crippen LogP contribution in [0.2, 0.25) is 0 Å². The minimum absolute atomic E-state index is 0.0664. The highest BCUT2D eigenvalue weighted by Crippen LogP contribution is 2.36. The van der Waals surface area contributed by atoms with Crippen molar-refractivity contribution in [2.24, 2.45) is 0 Å². The van der Waals surface area contributed by atoms with Crippen molar-refractivity contribution >= 4 is 17.6 Å². The van der Waals surface area contributed by atoms with Crippen LogP contribution in [0.25, 0.3) is 0 Å². The van der Waals surface area contributed by atoms with Gasteiger partial charge in [0.15, 0.2) is 0 Å². The molecule has 2 heterocycles. The summed E-state index contributed by atoms with van der Waals surface area (Å²) in [5.41, 5.74) is 1.40. The minimum atomic E-state index is -0.706. The number of aromatic nitrogens is 4. The van der Waals surface area contributed by atoms with Gasteiger partial charge in [-0.05, 0) is 48.6 Å². The van der Waals surface area contributed by atoms with Gasteiger partial charge in [-0.25, -0.2) is 4.79 Å². The number of nitrogens with one attached hydrogen (secondary N) is 1. The fourth-order valence-electron chi connectivity index (χ4n) is 3.79. The Labute approximate surface area is 160 Å². The SMILES string of the molecule is CC1=C(C(=O)OC2CCCCC2)[C@@H](c2cccc([N+](=O)[O-])c2)n2nnnc2N1. The molecule has 2 aromatic rings. The van der Waals surface area contributed by atoms with Gasteiger partial charge in [0.05, 0.1) is 10.5 Å². The summed E-state index contributed by atoms with van der Waals surface area (Å²) in [6.45, 7) is 1.75. The number of nitro groups is 1. The van der Waals surface area contributed by atoms with E-state index in [2.05, 4.69) is 20.8 Å². The second-order valence-corrected chi connectivity index (χ2v) is 7.03. The van der Waals surface area contributed by atoms with Gasteiger partial charge in [0.1, 0.15) is 12.1 Å². The molecule has 1 N–H and O–H groups in total. The average molecular weight is 384 g/mol. The fraction of sp³-hybridized carbons (Fsp3) is 0.444. The zero-order valence-electron chi connectivity index (χ0n) is 15.4. The van der Waals surface area contributed by atoms with Crippen molar-refractivity contribution in [2.75, 3.05) is 5.32 Å². The number of ether oxygens (including phenoxy) is 1. The summed E-state index contributed by atoms with van der Waals surface area (Å²) in [6, 6.07) is 5.43. The number of non-ortho nitro benzene ring substituents is 1. The molecule has 4 rings (SSSR count). The number of allylic oxidation sites excluding steroid dienone is 1. The highest BCUT2D eigenvalue weighted by molar-refractivity contribution is 5.92. The highest BCUT2D eigenvalue weighted by atomic mass is 16.6. The van der Waals surface area contributed by atoms with Crippen LogP contribution < -0.4 is 5.32 Å². The van der Waals surface area contributed by atoms with Gasteiger partial charge in [0.2, 0.25) is 5.95 Å². The van der Waals surface area contributed by atoms with Crippen molar-refractivity contribution in [2.45, 2.75) is 51.2 Å². The molecule has 0 bridgehead atoms. The van der Waals surface area contributed by atoms with Crippen molar-refractivity contribution < 1.29 is 14.5 Å². The van der Waals surface area contributed by atoms with Crippen LogP contribution in [0.3, 0.4) is 0 Å². The molecule has 2 aliphatic rings. The second kappa shape index (κ2) is 7.37. The zero-order chi connectivity index (χ0) is 19.7. The summed E-state index contributed by atoms with van der Waals surface area (Å²) in [7, 11) is 0. The highest BCUT2D eigenvalue weighted by Gasteiger charge is 2.36. The molecule has 1 aromatic carbocycles. The number of nitro benzene ring substituents is 1. The molecule has 0 spiro atoms. The van der Waals surface area contributed by atoms with Gasteiger partial charge in [0, 0.05) is 17.8 Å². The van der Waals surface area contributed by atoms with E-state index >= 15 is 0 Å². The summed E-state index contributed by atoms with van der Waals surface area (Å²) < 4.78 is 7.22. The summed E-state index contributed by atoms with van der Waals surface area (Å²) in [5.74, 6) is -0.0854. The molecule has 0 unspecified atom stereocenters. The molecule has 10 nitrogen and oxygen atoms in total. The van der Waals surface area contributed by atoms with Gasteiger partial charge in [-0.3, -0.25) is 10.1 Å². The number of carbonyl (C=O) groups is 1. The third-order valence-electron chi connectivity index (χ3n) is 5.16. The van der Waals surface area contributed by atoms with Crippen LogP contribution in [-0.2, 0) is 9.53 Å². The number of esters is 1. The first-order chi connectivity index (χ1) is 13.5. The van der Waals surface area contributed by atoms with Crippen molar-refractivity contribution in [1.82, 2.24) is 20.2 Å². The van der Waals surface area contributed by atoms with Crippen molar-refractivity contribution in [3.05, 3.63) is 51.2 Å². The number of fused-ring (bicyclic) bond motifs is 1. The van der Waals surface area contributed by atoms with Crippen LogP contribution in [0.4, 0.5) is 11.6 Å². The summed E-state index contributed by atoms with van der Waals surface area (Å²) in [4.78, 5) is 23.8. The molecular formula is C18H20N6O4. The lowest BCUT2D eigenvalue weighted by Gasteiger charge is -2.29. The zero-order valence-corrected chi connectivity index (χ0v) is 15.4. The largest absolute Gasteiger partial charge is 0.459 e. The molecule has 1 fully saturated rings. The Morgan fingerprint density at radius 2 is 2.11 bits per heavy atom. The molecule has 0 amide bonds. The van der Waals surface area contributed by atoms with Gasteiger partial charge < -0.3 is 10.1 Å². The Hall–Kier alpha value is -3.30. The Bertz CT molecular complexity index is 947. The van der Waals surface area contributed by atoms with E-state index in [1.54, 1.807) is 19.1 Å². The van der Waals surface area contributed by atoms with Crippen molar-refractivity contribution in [1.29, 1.82) is 0 Å². The number of hydrogen-bond donors (Lipinski definition) is 1. The normalized spacial score (nSPS) is 19.7. The maximum Gasteiger partial charge on any atom is 0.338 e. The summed E-state index contributed by atoms with van der Waals surface area (Å²) in [5, 5.41) is 25.8. The quantitative estimate of drug-likeness (QED) is 0.484. The second-order valence-electron chi connectivity index (χ2n) is 7.03. The maximum atomic E-state index is 13.1. The third-order valence-corrected chi connectivity index (χ3v) is 5.16. The van der Waals surface area contributed by atoms with E-state index in [4.69, 9.17) is 4.74 Å². The van der Waals surface area contributed by atoms with E-state index in [9.17, 15) is 14.9 Å². The number of benzene rings is 1. The van der Waals surface area contributed by atoms with Gasteiger partial charge >= 0.3 is 5.97 Å². The Morgan fingerprint density at radius 1 is 1.32 bits per heavy atom. The molecule has 0 radical (unpaired) electrons. The van der Waals surface area contributed by atoms with E-state index in [0.717, 1.165) is 32.1 Å². The van der Waals surface area contributed by atoms with Crippen LogP contribution in [0, 0.1) is 10.1 Å². The summed E-state index contributed by atoms with van der Waals surface area (Å²) in [6.07, 6.45) is 4.83. The molecular weight excluding hydrogens is 364 g/mol. The monoisotopic (exact) mass is 384 g/mol. The molecule has 1 aliphatic heterocycles. The molecule has 146 valence electrons. The number of carbonyl (C=O) groups excluding carboxylic acids is 1. The van der Waals surface area contributed by atoms with E-state index in [-0.39, 0.29) is 11.8 Å². The van der Waals surface area contributed by atoms with Crippen LogP contribution in [0.1, 0.15) is 50.6 Å². The average Bonchev–Trinajstić information content (AvgIpc) is 3.15. The standard InChI is InChI=1S/C18H20N6O4/c1-11-15(17(25)28-14-8-3-2-4-9-14)16(23-18(19-11)20-21-22-23)12-6-5-7-13(10-12)24(26)27/h5-7,10,14,16H,2-4,8-9H2,1H3,(H,19,20,22)/t16-/m1/s1. The molecule has 10 heteroatoms.